The fraction of sp³-hybridized carbons (Fsp3) is 0.481. The molecule has 2 N–H and O–H groups in total. The molecule has 1 saturated carbocycles. The molecule has 0 saturated heterocycles. The summed E-state index contributed by atoms with van der Waals surface area (Å²) in [4.78, 5) is 26.1. The molecule has 1 aliphatic carbocycles. The number of carboxylic acids is 1. The quantitative estimate of drug-likeness (QED) is 0.409. The Labute approximate surface area is 205 Å². The summed E-state index contributed by atoms with van der Waals surface area (Å²) in [6.07, 6.45) is 7.36. The molecule has 0 unspecified atom stereocenters. The minimum Gasteiger partial charge on any atom is -0.478 e. The molecule has 0 atom stereocenters. The minimum absolute atomic E-state index is 0.0511. The monoisotopic (exact) mass is 488 g/mol. The zero-order chi connectivity index (χ0) is 25.4. The lowest BCUT2D eigenvalue weighted by molar-refractivity contribution is -0.152. The number of carboxylic acid groups (broad SMARTS) is 1. The summed E-state index contributed by atoms with van der Waals surface area (Å²) < 4.78 is 32.9. The highest BCUT2D eigenvalue weighted by molar-refractivity contribution is 5.89. The predicted octanol–water partition coefficient (Wildman–Crippen LogP) is 6.25. The average Bonchev–Trinajstić information content (AvgIpc) is 3.08. The molecule has 0 aromatic heterocycles. The van der Waals surface area contributed by atoms with E-state index in [0.717, 1.165) is 43.4 Å². The Bertz CT molecular complexity index is 1000. The Morgan fingerprint density at radius 1 is 1.06 bits per heavy atom. The maximum atomic E-state index is 14.1. The molecule has 8 heteroatoms. The van der Waals surface area contributed by atoms with Crippen molar-refractivity contribution >= 4 is 17.7 Å². The van der Waals surface area contributed by atoms with E-state index in [-0.39, 0.29) is 5.69 Å². The molecule has 0 radical (unpaired) electrons. The number of rotatable bonds is 9. The number of urea groups is 1. The lowest BCUT2D eigenvalue weighted by atomic mass is 9.99. The van der Waals surface area contributed by atoms with Gasteiger partial charge in [-0.25, -0.2) is 18.4 Å². The smallest absolute Gasteiger partial charge is 0.347 e. The van der Waals surface area contributed by atoms with E-state index in [1.54, 1.807) is 17.0 Å². The Hall–Kier alpha value is -3.16. The third kappa shape index (κ3) is 7.94. The lowest BCUT2D eigenvalue weighted by Gasteiger charge is -2.28. The van der Waals surface area contributed by atoms with Gasteiger partial charge in [-0.2, -0.15) is 0 Å². The Balaban J connectivity index is 1.67. The highest BCUT2D eigenvalue weighted by Crippen LogP contribution is 2.25. The first kappa shape index (κ1) is 26.4. The molecule has 1 fully saturated rings. The molecular formula is C27H34F2N2O4. The summed E-state index contributed by atoms with van der Waals surface area (Å²) in [5, 5.41) is 11.8. The highest BCUT2D eigenvalue weighted by Gasteiger charge is 2.29. The number of amides is 2. The Morgan fingerprint density at radius 2 is 1.71 bits per heavy atom. The van der Waals surface area contributed by atoms with Crippen LogP contribution in [0.2, 0.25) is 0 Å². The summed E-state index contributed by atoms with van der Waals surface area (Å²) >= 11 is 0. The number of benzene rings is 2. The standard InChI is InChI=1S/C27H34F2N2O4/c1-27(2,25(32)33)35-22-12-9-19(10-13-22)15-16-31(18-20-7-5-3-4-6-8-20)26(34)30-24-14-11-21(28)17-23(24)29/h9-14,17,20H,3-8,15-16,18H2,1-2H3,(H,30,34)(H,32,33). The van der Waals surface area contributed by atoms with Crippen LogP contribution in [-0.2, 0) is 11.2 Å². The molecule has 2 aromatic rings. The van der Waals surface area contributed by atoms with Gasteiger partial charge in [0.1, 0.15) is 17.4 Å². The number of hydrogen-bond acceptors (Lipinski definition) is 3. The predicted molar refractivity (Wildman–Crippen MR) is 131 cm³/mol. The van der Waals surface area contributed by atoms with Crippen LogP contribution in [0.25, 0.3) is 0 Å². The van der Waals surface area contributed by atoms with Crippen LogP contribution in [0.3, 0.4) is 0 Å². The topological polar surface area (TPSA) is 78.9 Å². The first-order chi connectivity index (χ1) is 16.6. The molecule has 0 spiro atoms. The molecule has 3 rings (SSSR count). The summed E-state index contributed by atoms with van der Waals surface area (Å²) in [5.74, 6) is -1.74. The molecule has 35 heavy (non-hydrogen) atoms. The molecule has 2 aromatic carbocycles. The van der Waals surface area contributed by atoms with Gasteiger partial charge in [0.15, 0.2) is 5.60 Å². The largest absolute Gasteiger partial charge is 0.478 e. The van der Waals surface area contributed by atoms with Crippen LogP contribution >= 0.6 is 0 Å². The van der Waals surface area contributed by atoms with Crippen LogP contribution in [0, 0.1) is 17.6 Å². The van der Waals surface area contributed by atoms with Crippen LogP contribution in [0.5, 0.6) is 5.75 Å². The number of hydrogen-bond donors (Lipinski definition) is 2. The van der Waals surface area contributed by atoms with Crippen molar-refractivity contribution in [2.75, 3.05) is 18.4 Å². The zero-order valence-corrected chi connectivity index (χ0v) is 20.4. The number of carbonyl (C=O) groups excluding carboxylic acids is 1. The summed E-state index contributed by atoms with van der Waals surface area (Å²) in [7, 11) is 0. The van der Waals surface area contributed by atoms with E-state index < -0.39 is 29.2 Å². The number of nitrogens with zero attached hydrogens (tertiary/aromatic N) is 1. The van der Waals surface area contributed by atoms with E-state index in [4.69, 9.17) is 4.74 Å². The fourth-order valence-corrected chi connectivity index (χ4v) is 4.25. The van der Waals surface area contributed by atoms with Gasteiger partial charge in [0.05, 0.1) is 5.69 Å². The van der Waals surface area contributed by atoms with Gasteiger partial charge in [-0.15, -0.1) is 0 Å². The second kappa shape index (κ2) is 12.0. The van der Waals surface area contributed by atoms with E-state index >= 15 is 0 Å². The highest BCUT2D eigenvalue weighted by atomic mass is 19.1. The fourth-order valence-electron chi connectivity index (χ4n) is 4.25. The molecule has 190 valence electrons. The van der Waals surface area contributed by atoms with Gasteiger partial charge in [-0.1, -0.05) is 37.8 Å². The minimum atomic E-state index is -1.34. The van der Waals surface area contributed by atoms with E-state index in [1.165, 1.54) is 32.8 Å². The third-order valence-electron chi connectivity index (χ3n) is 6.40. The molecule has 2 amide bonds. The summed E-state index contributed by atoms with van der Waals surface area (Å²) in [6, 6.07) is 9.78. The van der Waals surface area contributed by atoms with E-state index in [2.05, 4.69) is 5.32 Å². The first-order valence-corrected chi connectivity index (χ1v) is 12.2. The molecule has 6 nitrogen and oxygen atoms in total. The van der Waals surface area contributed by atoms with Gasteiger partial charge in [-0.3, -0.25) is 0 Å². The van der Waals surface area contributed by atoms with E-state index in [1.807, 2.05) is 12.1 Å². The summed E-state index contributed by atoms with van der Waals surface area (Å²) in [6.45, 7) is 3.96. The van der Waals surface area contributed by atoms with Crippen molar-refractivity contribution in [3.05, 3.63) is 59.7 Å². The number of halogens is 2. The summed E-state index contributed by atoms with van der Waals surface area (Å²) in [5.41, 5.74) is -0.438. The van der Waals surface area contributed by atoms with Crippen molar-refractivity contribution in [3.8, 4) is 5.75 Å². The van der Waals surface area contributed by atoms with Gasteiger partial charge < -0.3 is 20.1 Å². The van der Waals surface area contributed by atoms with Crippen molar-refractivity contribution in [3.63, 3.8) is 0 Å². The average molecular weight is 489 g/mol. The van der Waals surface area contributed by atoms with Crippen molar-refractivity contribution in [1.29, 1.82) is 0 Å². The second-order valence-electron chi connectivity index (χ2n) is 9.67. The van der Waals surface area contributed by atoms with Crippen molar-refractivity contribution in [2.45, 2.75) is 64.4 Å². The van der Waals surface area contributed by atoms with E-state index in [9.17, 15) is 23.5 Å². The van der Waals surface area contributed by atoms with Crippen LogP contribution in [-0.4, -0.2) is 40.7 Å². The first-order valence-electron chi connectivity index (χ1n) is 12.2. The van der Waals surface area contributed by atoms with Gasteiger partial charge >= 0.3 is 12.0 Å². The number of ether oxygens (including phenoxy) is 1. The van der Waals surface area contributed by atoms with E-state index in [0.29, 0.717) is 31.2 Å². The maximum Gasteiger partial charge on any atom is 0.347 e. The Kier molecular flexibility index (Phi) is 9.07. The third-order valence-corrected chi connectivity index (χ3v) is 6.40. The SMILES string of the molecule is CC(C)(Oc1ccc(CCN(CC2CCCCCC2)C(=O)Nc2ccc(F)cc2F)cc1)C(=O)O. The van der Waals surface area contributed by atoms with Crippen LogP contribution in [0.15, 0.2) is 42.5 Å². The number of anilines is 1. The molecule has 0 heterocycles. The van der Waals surface area contributed by atoms with Crippen LogP contribution < -0.4 is 10.1 Å². The maximum absolute atomic E-state index is 14.1. The van der Waals surface area contributed by atoms with Crippen LogP contribution in [0.1, 0.15) is 57.9 Å². The molecule has 0 bridgehead atoms. The lowest BCUT2D eigenvalue weighted by Crippen LogP contribution is -2.40. The van der Waals surface area contributed by atoms with Crippen LogP contribution in [0.4, 0.5) is 19.3 Å². The number of aliphatic carboxylic acids is 1. The zero-order valence-electron chi connectivity index (χ0n) is 20.4. The van der Waals surface area contributed by atoms with Crippen molar-refractivity contribution in [2.24, 2.45) is 5.92 Å². The molecular weight excluding hydrogens is 454 g/mol. The number of nitrogens with one attached hydrogen (secondary N) is 1. The van der Waals surface area contributed by atoms with Crippen molar-refractivity contribution in [1.82, 2.24) is 4.90 Å². The van der Waals surface area contributed by atoms with Gasteiger partial charge in [0.2, 0.25) is 0 Å². The molecule has 0 aliphatic heterocycles. The normalized spacial score (nSPS) is 14.7. The Morgan fingerprint density at radius 3 is 2.31 bits per heavy atom. The van der Waals surface area contributed by atoms with Gasteiger partial charge in [0.25, 0.3) is 0 Å². The van der Waals surface area contributed by atoms with Gasteiger partial charge in [0, 0.05) is 19.2 Å². The van der Waals surface area contributed by atoms with Crippen molar-refractivity contribution < 1.29 is 28.2 Å². The van der Waals surface area contributed by atoms with Gasteiger partial charge in [-0.05, 0) is 68.9 Å². The molecule has 1 aliphatic rings. The number of carbonyl (C=O) groups is 2. The second-order valence-corrected chi connectivity index (χ2v) is 9.67.